The highest BCUT2D eigenvalue weighted by Crippen LogP contribution is 2.36. The topological polar surface area (TPSA) is 82.1 Å². The molecule has 1 aliphatic rings. The fourth-order valence-corrected chi connectivity index (χ4v) is 2.76. The molecule has 4 heteroatoms. The van der Waals surface area contributed by atoms with Gasteiger partial charge in [-0.2, -0.15) is 5.26 Å². The van der Waals surface area contributed by atoms with Gasteiger partial charge in [-0.3, -0.25) is 0 Å². The molecule has 4 N–H and O–H groups in total. The first-order valence-corrected chi connectivity index (χ1v) is 6.83. The van der Waals surface area contributed by atoms with Crippen molar-refractivity contribution < 1.29 is 5.11 Å². The van der Waals surface area contributed by atoms with E-state index in [4.69, 9.17) is 11.0 Å². The van der Waals surface area contributed by atoms with Crippen LogP contribution in [0.2, 0.25) is 0 Å². The number of hydrogen-bond acceptors (Lipinski definition) is 4. The Labute approximate surface area is 114 Å². The zero-order valence-electron chi connectivity index (χ0n) is 11.2. The van der Waals surface area contributed by atoms with Crippen molar-refractivity contribution >= 4 is 11.4 Å². The average molecular weight is 259 g/mol. The molecule has 19 heavy (non-hydrogen) atoms. The Morgan fingerprint density at radius 1 is 1.32 bits per heavy atom. The van der Waals surface area contributed by atoms with E-state index in [0.29, 0.717) is 11.3 Å². The number of anilines is 2. The Morgan fingerprint density at radius 2 is 2.05 bits per heavy atom. The molecule has 1 aliphatic carbocycles. The van der Waals surface area contributed by atoms with E-state index >= 15 is 0 Å². The molecule has 1 fully saturated rings. The van der Waals surface area contributed by atoms with Crippen LogP contribution in [0.1, 0.15) is 37.7 Å². The summed E-state index contributed by atoms with van der Waals surface area (Å²) in [5.74, 6) is 0. The number of benzene rings is 1. The normalized spacial score (nSPS) is 17.7. The van der Waals surface area contributed by atoms with Crippen LogP contribution in [0.3, 0.4) is 0 Å². The van der Waals surface area contributed by atoms with Crippen LogP contribution < -0.4 is 11.1 Å². The molecular formula is C15H21N3O. The Hall–Kier alpha value is -1.73. The number of nitrogens with one attached hydrogen (secondary N) is 1. The SMILES string of the molecule is N#Cc1ccc(NCC2(CO)CCCCC2)cc1N. The molecule has 0 saturated heterocycles. The van der Waals surface area contributed by atoms with E-state index in [1.807, 2.05) is 6.07 Å². The van der Waals surface area contributed by atoms with E-state index in [9.17, 15) is 5.11 Å². The Morgan fingerprint density at radius 3 is 2.63 bits per heavy atom. The smallest absolute Gasteiger partial charge is 0.101 e. The maximum Gasteiger partial charge on any atom is 0.101 e. The van der Waals surface area contributed by atoms with Crippen molar-refractivity contribution in [2.75, 3.05) is 24.2 Å². The molecule has 0 amide bonds. The lowest BCUT2D eigenvalue weighted by Crippen LogP contribution is -2.35. The summed E-state index contributed by atoms with van der Waals surface area (Å²) in [6.45, 7) is 0.987. The first-order chi connectivity index (χ1) is 9.19. The van der Waals surface area contributed by atoms with Crippen molar-refractivity contribution in [2.45, 2.75) is 32.1 Å². The van der Waals surface area contributed by atoms with Crippen molar-refractivity contribution in [1.29, 1.82) is 5.26 Å². The minimum Gasteiger partial charge on any atom is -0.398 e. The van der Waals surface area contributed by atoms with Gasteiger partial charge < -0.3 is 16.2 Å². The van der Waals surface area contributed by atoms with Crippen LogP contribution >= 0.6 is 0 Å². The maximum absolute atomic E-state index is 9.65. The second-order valence-corrected chi connectivity index (χ2v) is 5.49. The first kappa shape index (κ1) is 13.7. The predicted octanol–water partition coefficient (Wildman–Crippen LogP) is 2.50. The second kappa shape index (κ2) is 5.94. The van der Waals surface area contributed by atoms with Crippen molar-refractivity contribution in [3.63, 3.8) is 0 Å². The van der Waals surface area contributed by atoms with Crippen LogP contribution in [-0.4, -0.2) is 18.3 Å². The van der Waals surface area contributed by atoms with E-state index < -0.39 is 0 Å². The maximum atomic E-state index is 9.65. The largest absolute Gasteiger partial charge is 0.398 e. The van der Waals surface area contributed by atoms with Crippen molar-refractivity contribution in [2.24, 2.45) is 5.41 Å². The van der Waals surface area contributed by atoms with Crippen LogP contribution in [-0.2, 0) is 0 Å². The fourth-order valence-electron chi connectivity index (χ4n) is 2.76. The molecule has 0 heterocycles. The Balaban J connectivity index is 2.01. The van der Waals surface area contributed by atoms with Gasteiger partial charge in [-0.05, 0) is 31.0 Å². The van der Waals surface area contributed by atoms with E-state index in [0.717, 1.165) is 25.1 Å². The van der Waals surface area contributed by atoms with Crippen LogP contribution in [0.5, 0.6) is 0 Å². The van der Waals surface area contributed by atoms with Crippen molar-refractivity contribution in [3.8, 4) is 6.07 Å². The molecule has 0 bridgehead atoms. The van der Waals surface area contributed by atoms with Gasteiger partial charge in [0.2, 0.25) is 0 Å². The molecule has 0 atom stereocenters. The van der Waals surface area contributed by atoms with Gasteiger partial charge in [0.1, 0.15) is 6.07 Å². The molecule has 0 unspecified atom stereocenters. The summed E-state index contributed by atoms with van der Waals surface area (Å²) in [6.07, 6.45) is 5.80. The molecule has 0 aromatic heterocycles. The van der Waals surface area contributed by atoms with Gasteiger partial charge in [-0.1, -0.05) is 19.3 Å². The monoisotopic (exact) mass is 259 g/mol. The summed E-state index contributed by atoms with van der Waals surface area (Å²) in [5.41, 5.74) is 7.70. The van der Waals surface area contributed by atoms with Gasteiger partial charge in [-0.25, -0.2) is 0 Å². The Kier molecular flexibility index (Phi) is 4.28. The van der Waals surface area contributed by atoms with E-state index in [1.54, 1.807) is 12.1 Å². The van der Waals surface area contributed by atoms with Crippen LogP contribution in [0.15, 0.2) is 18.2 Å². The summed E-state index contributed by atoms with van der Waals surface area (Å²) >= 11 is 0. The number of nitrogens with zero attached hydrogens (tertiary/aromatic N) is 1. The highest BCUT2D eigenvalue weighted by atomic mass is 16.3. The molecule has 1 aromatic rings. The van der Waals surface area contributed by atoms with Gasteiger partial charge in [0.05, 0.1) is 17.9 Å². The van der Waals surface area contributed by atoms with Gasteiger partial charge in [0.15, 0.2) is 0 Å². The molecule has 1 saturated carbocycles. The van der Waals surface area contributed by atoms with Gasteiger partial charge in [0.25, 0.3) is 0 Å². The minimum atomic E-state index is 0.000905. The number of hydrogen-bond donors (Lipinski definition) is 3. The van der Waals surface area contributed by atoms with Crippen LogP contribution in [0.25, 0.3) is 0 Å². The van der Waals surface area contributed by atoms with E-state index in [2.05, 4.69) is 11.4 Å². The predicted molar refractivity (Wildman–Crippen MR) is 76.7 cm³/mol. The summed E-state index contributed by atoms with van der Waals surface area (Å²) in [5, 5.41) is 21.8. The van der Waals surface area contributed by atoms with Crippen LogP contribution in [0.4, 0.5) is 11.4 Å². The van der Waals surface area contributed by atoms with Crippen molar-refractivity contribution in [3.05, 3.63) is 23.8 Å². The zero-order valence-corrected chi connectivity index (χ0v) is 11.2. The number of rotatable bonds is 4. The molecular weight excluding hydrogens is 238 g/mol. The lowest BCUT2D eigenvalue weighted by molar-refractivity contribution is 0.0944. The second-order valence-electron chi connectivity index (χ2n) is 5.49. The summed E-state index contributed by atoms with van der Waals surface area (Å²) in [4.78, 5) is 0. The summed E-state index contributed by atoms with van der Waals surface area (Å²) in [6, 6.07) is 7.43. The average Bonchev–Trinajstić information content (AvgIpc) is 2.46. The quantitative estimate of drug-likeness (QED) is 0.725. The molecule has 2 rings (SSSR count). The summed E-state index contributed by atoms with van der Waals surface area (Å²) < 4.78 is 0. The first-order valence-electron chi connectivity index (χ1n) is 6.83. The zero-order chi connectivity index (χ0) is 13.7. The molecule has 1 aromatic carbocycles. The number of aliphatic hydroxyl groups is 1. The Bertz CT molecular complexity index is 473. The van der Waals surface area contributed by atoms with Gasteiger partial charge >= 0.3 is 0 Å². The number of aliphatic hydroxyl groups excluding tert-OH is 1. The molecule has 4 nitrogen and oxygen atoms in total. The molecule has 0 aliphatic heterocycles. The third-order valence-corrected chi connectivity index (χ3v) is 4.09. The lowest BCUT2D eigenvalue weighted by Gasteiger charge is -2.36. The third kappa shape index (κ3) is 3.18. The van der Waals surface area contributed by atoms with E-state index in [-0.39, 0.29) is 12.0 Å². The van der Waals surface area contributed by atoms with Crippen molar-refractivity contribution in [1.82, 2.24) is 0 Å². The standard InChI is InChI=1S/C15H21N3O/c16-9-12-4-5-13(8-14(12)17)18-10-15(11-19)6-2-1-3-7-15/h4-5,8,18-19H,1-3,6-7,10-11,17H2. The number of nitriles is 1. The number of nitrogens with two attached hydrogens (primary N) is 1. The summed E-state index contributed by atoms with van der Waals surface area (Å²) in [7, 11) is 0. The van der Waals surface area contributed by atoms with E-state index in [1.165, 1.54) is 19.3 Å². The highest BCUT2D eigenvalue weighted by molar-refractivity contribution is 5.62. The van der Waals surface area contributed by atoms with Gasteiger partial charge in [-0.15, -0.1) is 0 Å². The lowest BCUT2D eigenvalue weighted by atomic mass is 9.74. The van der Waals surface area contributed by atoms with Gasteiger partial charge in [0, 0.05) is 17.6 Å². The van der Waals surface area contributed by atoms with Crippen LogP contribution in [0, 0.1) is 16.7 Å². The highest BCUT2D eigenvalue weighted by Gasteiger charge is 2.31. The molecule has 102 valence electrons. The number of nitrogen functional groups attached to an aromatic ring is 1. The minimum absolute atomic E-state index is 0.000905. The third-order valence-electron chi connectivity index (χ3n) is 4.09. The fraction of sp³-hybridized carbons (Fsp3) is 0.533. The molecule has 0 radical (unpaired) electrons. The molecule has 0 spiro atoms.